The van der Waals surface area contributed by atoms with Crippen LogP contribution in [0, 0.1) is 0 Å². The molecule has 1 aliphatic heterocycles. The van der Waals surface area contributed by atoms with Crippen molar-refractivity contribution in [1.29, 1.82) is 0 Å². The normalized spacial score (nSPS) is 13.4. The van der Waals surface area contributed by atoms with Gasteiger partial charge in [0.25, 0.3) is 11.8 Å². The first kappa shape index (κ1) is 21.9. The summed E-state index contributed by atoms with van der Waals surface area (Å²) in [6.45, 7) is 1.14. The van der Waals surface area contributed by atoms with Crippen molar-refractivity contribution in [3.8, 4) is 16.9 Å². The number of nitrogens with zero attached hydrogens (tertiary/aromatic N) is 3. The van der Waals surface area contributed by atoms with Crippen LogP contribution >= 0.6 is 0 Å². The monoisotopic (exact) mass is 455 g/mol. The molecule has 0 radical (unpaired) electrons. The zero-order valence-corrected chi connectivity index (χ0v) is 19.6. The number of benzene rings is 3. The number of ether oxygens (including phenoxy) is 1. The van der Waals surface area contributed by atoms with Gasteiger partial charge in [-0.1, -0.05) is 18.2 Å². The Morgan fingerprint density at radius 3 is 2.38 bits per heavy atom. The van der Waals surface area contributed by atoms with Crippen LogP contribution in [0.5, 0.6) is 5.75 Å². The SMILES string of the molecule is CN(C)CCOc1ccc(C=O)cc1-c1cc2c(c3c1C(=O)N(C)C3=O)c1ccccc1n2C. The summed E-state index contributed by atoms with van der Waals surface area (Å²) >= 11 is 0. The van der Waals surface area contributed by atoms with Gasteiger partial charge in [-0.05, 0) is 44.4 Å². The molecule has 7 heteroatoms. The molecule has 172 valence electrons. The van der Waals surface area contributed by atoms with Crippen molar-refractivity contribution in [2.24, 2.45) is 7.05 Å². The fraction of sp³-hybridized carbons (Fsp3) is 0.222. The molecule has 0 saturated carbocycles. The van der Waals surface area contributed by atoms with Gasteiger partial charge in [-0.15, -0.1) is 0 Å². The van der Waals surface area contributed by atoms with Gasteiger partial charge in [0.15, 0.2) is 0 Å². The summed E-state index contributed by atoms with van der Waals surface area (Å²) in [6, 6.07) is 14.9. The molecule has 34 heavy (non-hydrogen) atoms. The lowest BCUT2D eigenvalue weighted by atomic mass is 9.91. The average Bonchev–Trinajstić information content (AvgIpc) is 3.25. The maximum Gasteiger partial charge on any atom is 0.262 e. The molecule has 3 aromatic carbocycles. The lowest BCUT2D eigenvalue weighted by molar-refractivity contribution is 0.0693. The summed E-state index contributed by atoms with van der Waals surface area (Å²) in [5.74, 6) is -0.132. The van der Waals surface area contributed by atoms with Gasteiger partial charge in [0, 0.05) is 53.6 Å². The Kier molecular flexibility index (Phi) is 5.21. The first-order valence-corrected chi connectivity index (χ1v) is 11.1. The number of aromatic nitrogens is 1. The first-order chi connectivity index (χ1) is 16.3. The number of carbonyl (C=O) groups is 3. The molecule has 1 aromatic heterocycles. The lowest BCUT2D eigenvalue weighted by Gasteiger charge is -2.16. The van der Waals surface area contributed by atoms with Crippen molar-refractivity contribution in [3.63, 3.8) is 0 Å². The molecule has 7 nitrogen and oxygen atoms in total. The predicted octanol–water partition coefficient (Wildman–Crippen LogP) is 3.98. The van der Waals surface area contributed by atoms with E-state index >= 15 is 0 Å². The molecule has 2 heterocycles. The quantitative estimate of drug-likeness (QED) is 0.325. The van der Waals surface area contributed by atoms with Crippen LogP contribution < -0.4 is 4.74 Å². The Balaban J connectivity index is 1.85. The highest BCUT2D eigenvalue weighted by atomic mass is 16.5. The minimum absolute atomic E-state index is 0.329. The predicted molar refractivity (Wildman–Crippen MR) is 132 cm³/mol. The minimum atomic E-state index is -0.361. The maximum absolute atomic E-state index is 13.3. The van der Waals surface area contributed by atoms with Crippen LogP contribution in [0.15, 0.2) is 48.5 Å². The summed E-state index contributed by atoms with van der Waals surface area (Å²) < 4.78 is 8.11. The second-order valence-electron chi connectivity index (χ2n) is 8.84. The fourth-order valence-corrected chi connectivity index (χ4v) is 4.68. The Labute approximate surface area is 197 Å². The van der Waals surface area contributed by atoms with Gasteiger partial charge in [-0.3, -0.25) is 19.3 Å². The van der Waals surface area contributed by atoms with E-state index in [1.165, 1.54) is 7.05 Å². The van der Waals surface area contributed by atoms with Gasteiger partial charge < -0.3 is 14.2 Å². The average molecular weight is 456 g/mol. The van der Waals surface area contributed by atoms with E-state index in [1.807, 2.05) is 60.9 Å². The van der Waals surface area contributed by atoms with E-state index in [9.17, 15) is 14.4 Å². The molecule has 4 aromatic rings. The van der Waals surface area contributed by atoms with Crippen LogP contribution in [0.4, 0.5) is 0 Å². The summed E-state index contributed by atoms with van der Waals surface area (Å²) in [6.07, 6.45) is 0.766. The van der Waals surface area contributed by atoms with Crippen molar-refractivity contribution < 1.29 is 19.1 Å². The summed E-state index contributed by atoms with van der Waals surface area (Å²) in [7, 11) is 7.37. The smallest absolute Gasteiger partial charge is 0.262 e. The third-order valence-electron chi connectivity index (χ3n) is 6.47. The van der Waals surface area contributed by atoms with Crippen molar-refractivity contribution in [3.05, 3.63) is 65.2 Å². The van der Waals surface area contributed by atoms with Crippen LogP contribution in [-0.4, -0.2) is 66.8 Å². The van der Waals surface area contributed by atoms with Crippen LogP contribution in [0.25, 0.3) is 32.9 Å². The molecule has 0 saturated heterocycles. The topological polar surface area (TPSA) is 71.8 Å². The van der Waals surface area contributed by atoms with Gasteiger partial charge in [0.05, 0.1) is 16.6 Å². The van der Waals surface area contributed by atoms with E-state index in [2.05, 4.69) is 0 Å². The molecule has 0 spiro atoms. The van der Waals surface area contributed by atoms with Gasteiger partial charge in [-0.2, -0.15) is 0 Å². The lowest BCUT2D eigenvalue weighted by Crippen LogP contribution is -2.24. The largest absolute Gasteiger partial charge is 0.492 e. The number of fused-ring (bicyclic) bond motifs is 5. The highest BCUT2D eigenvalue weighted by molar-refractivity contribution is 6.32. The Morgan fingerprint density at radius 2 is 1.65 bits per heavy atom. The third kappa shape index (κ3) is 3.20. The molecular weight excluding hydrogens is 430 g/mol. The minimum Gasteiger partial charge on any atom is -0.492 e. The second kappa shape index (κ2) is 8.11. The maximum atomic E-state index is 13.3. The molecule has 5 rings (SSSR count). The van der Waals surface area contributed by atoms with Gasteiger partial charge >= 0.3 is 0 Å². The van der Waals surface area contributed by atoms with E-state index < -0.39 is 0 Å². The number of hydrogen-bond donors (Lipinski definition) is 0. The number of likely N-dealkylation sites (N-methyl/N-ethyl adjacent to an activating group) is 1. The van der Waals surface area contributed by atoms with Crippen LogP contribution in [0.1, 0.15) is 31.1 Å². The van der Waals surface area contributed by atoms with E-state index in [0.717, 1.165) is 33.0 Å². The molecule has 1 aliphatic rings. The van der Waals surface area contributed by atoms with E-state index in [0.29, 0.717) is 46.7 Å². The molecule has 2 amide bonds. The third-order valence-corrected chi connectivity index (χ3v) is 6.47. The summed E-state index contributed by atoms with van der Waals surface area (Å²) in [4.78, 5) is 41.4. The number of carbonyl (C=O) groups excluding carboxylic acids is 3. The second-order valence-corrected chi connectivity index (χ2v) is 8.84. The number of aldehydes is 1. The number of imide groups is 1. The van der Waals surface area contributed by atoms with Crippen molar-refractivity contribution in [2.45, 2.75) is 0 Å². The van der Waals surface area contributed by atoms with Gasteiger partial charge in [0.1, 0.15) is 18.6 Å². The van der Waals surface area contributed by atoms with Crippen LogP contribution in [-0.2, 0) is 7.05 Å². The standard InChI is InChI=1S/C27H25N3O4/c1-28(2)11-12-34-22-10-9-16(15-31)13-18(22)19-14-21-23(17-7-5-6-8-20(17)29(21)3)25-24(19)26(32)30(4)27(25)33/h5-10,13-15H,11-12H2,1-4H3. The Hall–Kier alpha value is -3.97. The molecule has 0 fully saturated rings. The van der Waals surface area contributed by atoms with Gasteiger partial charge in [0.2, 0.25) is 0 Å². The fourth-order valence-electron chi connectivity index (χ4n) is 4.68. The van der Waals surface area contributed by atoms with Crippen molar-refractivity contribution in [1.82, 2.24) is 14.4 Å². The summed E-state index contributed by atoms with van der Waals surface area (Å²) in [5, 5.41) is 1.68. The van der Waals surface area contributed by atoms with Crippen molar-refractivity contribution >= 4 is 39.9 Å². The van der Waals surface area contributed by atoms with Gasteiger partial charge in [-0.25, -0.2) is 0 Å². The Bertz CT molecular complexity index is 1500. The van der Waals surface area contributed by atoms with E-state index in [4.69, 9.17) is 4.74 Å². The molecule has 0 N–H and O–H groups in total. The highest BCUT2D eigenvalue weighted by Crippen LogP contribution is 2.44. The molecule has 0 aliphatic carbocycles. The molecule has 0 unspecified atom stereocenters. The van der Waals surface area contributed by atoms with Crippen molar-refractivity contribution in [2.75, 3.05) is 34.3 Å². The Morgan fingerprint density at radius 1 is 0.912 bits per heavy atom. The molecule has 0 atom stereocenters. The van der Waals surface area contributed by atoms with E-state index in [1.54, 1.807) is 18.2 Å². The number of para-hydroxylation sites is 1. The number of amides is 2. The first-order valence-electron chi connectivity index (χ1n) is 11.1. The molecule has 0 bridgehead atoms. The van der Waals surface area contributed by atoms with Crippen LogP contribution in [0.2, 0.25) is 0 Å². The van der Waals surface area contributed by atoms with E-state index in [-0.39, 0.29) is 11.8 Å². The molecular formula is C27H25N3O4. The highest BCUT2D eigenvalue weighted by Gasteiger charge is 2.39. The number of rotatable bonds is 6. The summed E-state index contributed by atoms with van der Waals surface area (Å²) in [5.41, 5.74) is 4.20. The number of hydrogen-bond acceptors (Lipinski definition) is 5. The van der Waals surface area contributed by atoms with Crippen LogP contribution in [0.3, 0.4) is 0 Å². The zero-order chi connectivity index (χ0) is 24.1. The number of aryl methyl sites for hydroxylation is 1. The zero-order valence-electron chi connectivity index (χ0n) is 19.6.